The van der Waals surface area contributed by atoms with Crippen molar-refractivity contribution in [2.24, 2.45) is 0 Å². The van der Waals surface area contributed by atoms with E-state index in [-0.39, 0.29) is 0 Å². The third-order valence-corrected chi connectivity index (χ3v) is 7.98. The zero-order valence-corrected chi connectivity index (χ0v) is 25.0. The van der Waals surface area contributed by atoms with Gasteiger partial charge >= 0.3 is 0 Å². The molecular formula is C33H70N+. The Hall–Kier alpha value is -0.0400. The van der Waals surface area contributed by atoms with Crippen LogP contribution in [0.3, 0.4) is 0 Å². The lowest BCUT2D eigenvalue weighted by Crippen LogP contribution is -2.41. The van der Waals surface area contributed by atoms with Crippen LogP contribution in [0.15, 0.2) is 0 Å². The van der Waals surface area contributed by atoms with Crippen LogP contribution >= 0.6 is 0 Å². The van der Waals surface area contributed by atoms with Gasteiger partial charge in [-0.25, -0.2) is 0 Å². The molecule has 0 N–H and O–H groups in total. The molecule has 0 aliphatic rings. The van der Waals surface area contributed by atoms with E-state index in [0.29, 0.717) is 0 Å². The molecule has 0 saturated carbocycles. The topological polar surface area (TPSA) is 0 Å². The fourth-order valence-corrected chi connectivity index (χ4v) is 5.40. The first-order valence-electron chi connectivity index (χ1n) is 16.4. The van der Waals surface area contributed by atoms with E-state index < -0.39 is 0 Å². The number of nitrogens with zero attached hydrogens (tertiary/aromatic N) is 1. The Morgan fingerprint density at radius 3 is 0.647 bits per heavy atom. The molecule has 0 aromatic heterocycles. The first-order chi connectivity index (χ1) is 16.6. The van der Waals surface area contributed by atoms with Crippen LogP contribution in [0.4, 0.5) is 0 Å². The maximum Gasteiger partial charge on any atom is 0.0782 e. The van der Waals surface area contributed by atoms with Gasteiger partial charge in [-0.05, 0) is 25.7 Å². The lowest BCUT2D eigenvalue weighted by Gasteiger charge is -2.30. The minimum atomic E-state index is 1.24. The predicted octanol–water partition coefficient (Wildman–Crippen LogP) is 11.6. The fourth-order valence-electron chi connectivity index (χ4n) is 5.40. The summed E-state index contributed by atoms with van der Waals surface area (Å²) < 4.78 is 1.24. The monoisotopic (exact) mass is 481 g/mol. The molecule has 0 rings (SSSR count). The average Bonchev–Trinajstić information content (AvgIpc) is 2.82. The predicted molar refractivity (Wildman–Crippen MR) is 158 cm³/mol. The summed E-state index contributed by atoms with van der Waals surface area (Å²) in [6.07, 6.45) is 39.5. The van der Waals surface area contributed by atoms with E-state index in [0.717, 1.165) is 0 Å². The zero-order chi connectivity index (χ0) is 25.0. The SMILES string of the molecule is CCCCCCCCCCCCCCCCCCCCC[N+](C)(C)CCCCCCCCCC. The molecule has 1 heteroatoms. The number of unbranched alkanes of at least 4 members (excludes halogenated alkanes) is 25. The van der Waals surface area contributed by atoms with E-state index in [4.69, 9.17) is 0 Å². The fraction of sp³-hybridized carbons (Fsp3) is 1.00. The molecule has 0 amide bonds. The lowest BCUT2D eigenvalue weighted by atomic mass is 10.0. The quantitative estimate of drug-likeness (QED) is 0.0737. The van der Waals surface area contributed by atoms with Crippen LogP contribution < -0.4 is 0 Å². The van der Waals surface area contributed by atoms with Gasteiger partial charge in [0.15, 0.2) is 0 Å². The molecule has 0 aliphatic heterocycles. The van der Waals surface area contributed by atoms with Crippen molar-refractivity contribution in [2.75, 3.05) is 27.2 Å². The van der Waals surface area contributed by atoms with Crippen LogP contribution in [-0.2, 0) is 0 Å². The molecular weight excluding hydrogens is 410 g/mol. The average molecular weight is 481 g/mol. The summed E-state index contributed by atoms with van der Waals surface area (Å²) in [5.74, 6) is 0. The molecule has 0 fully saturated rings. The standard InChI is InChI=1S/C33H70N/c1-5-7-9-11-13-15-16-17-18-19-20-21-22-23-24-25-27-29-31-33-34(3,4)32-30-28-26-14-12-10-8-6-2/h5-33H2,1-4H3/q+1. The van der Waals surface area contributed by atoms with Crippen molar-refractivity contribution in [3.8, 4) is 0 Å². The van der Waals surface area contributed by atoms with Crippen LogP contribution in [0.2, 0.25) is 0 Å². The van der Waals surface area contributed by atoms with Crippen LogP contribution in [-0.4, -0.2) is 31.7 Å². The highest BCUT2D eigenvalue weighted by Gasteiger charge is 2.13. The third-order valence-electron chi connectivity index (χ3n) is 7.98. The van der Waals surface area contributed by atoms with E-state index in [9.17, 15) is 0 Å². The Bertz CT molecular complexity index is 362. The van der Waals surface area contributed by atoms with Gasteiger partial charge in [0, 0.05) is 0 Å². The van der Waals surface area contributed by atoms with E-state index in [1.165, 1.54) is 191 Å². The van der Waals surface area contributed by atoms with Crippen molar-refractivity contribution in [1.82, 2.24) is 0 Å². The first-order valence-corrected chi connectivity index (χ1v) is 16.4. The second-order valence-electron chi connectivity index (χ2n) is 12.2. The molecule has 34 heavy (non-hydrogen) atoms. The minimum Gasteiger partial charge on any atom is -0.328 e. The van der Waals surface area contributed by atoms with Crippen molar-refractivity contribution < 1.29 is 4.48 Å². The molecule has 1 nitrogen and oxygen atoms in total. The summed E-state index contributed by atoms with van der Waals surface area (Å²) in [6, 6.07) is 0. The Morgan fingerprint density at radius 1 is 0.265 bits per heavy atom. The van der Waals surface area contributed by atoms with Crippen molar-refractivity contribution in [1.29, 1.82) is 0 Å². The Morgan fingerprint density at radius 2 is 0.441 bits per heavy atom. The highest BCUT2D eigenvalue weighted by Crippen LogP contribution is 2.15. The van der Waals surface area contributed by atoms with Crippen LogP contribution in [0.25, 0.3) is 0 Å². The van der Waals surface area contributed by atoms with Gasteiger partial charge in [0.05, 0.1) is 27.2 Å². The van der Waals surface area contributed by atoms with Gasteiger partial charge in [0.25, 0.3) is 0 Å². The molecule has 0 spiro atoms. The minimum absolute atomic E-state index is 1.24. The second kappa shape index (κ2) is 27.5. The molecule has 0 aliphatic carbocycles. The highest BCUT2D eigenvalue weighted by atomic mass is 15.3. The molecule has 0 aromatic rings. The van der Waals surface area contributed by atoms with E-state index >= 15 is 0 Å². The van der Waals surface area contributed by atoms with Crippen LogP contribution in [0.5, 0.6) is 0 Å². The molecule has 0 saturated heterocycles. The summed E-state index contributed by atoms with van der Waals surface area (Å²) in [7, 11) is 4.91. The summed E-state index contributed by atoms with van der Waals surface area (Å²) in [5.41, 5.74) is 0. The summed E-state index contributed by atoms with van der Waals surface area (Å²) in [4.78, 5) is 0. The number of hydrogen-bond acceptors (Lipinski definition) is 0. The smallest absolute Gasteiger partial charge is 0.0782 e. The zero-order valence-electron chi connectivity index (χ0n) is 25.0. The van der Waals surface area contributed by atoms with E-state index in [1.54, 1.807) is 0 Å². The molecule has 0 unspecified atom stereocenters. The van der Waals surface area contributed by atoms with Gasteiger partial charge in [-0.1, -0.05) is 162 Å². The van der Waals surface area contributed by atoms with E-state index in [1.807, 2.05) is 0 Å². The van der Waals surface area contributed by atoms with Crippen LogP contribution in [0, 0.1) is 0 Å². The molecule has 206 valence electrons. The first kappa shape index (κ1) is 34.0. The molecule has 0 bridgehead atoms. The van der Waals surface area contributed by atoms with E-state index in [2.05, 4.69) is 27.9 Å². The van der Waals surface area contributed by atoms with Gasteiger partial charge in [-0.2, -0.15) is 0 Å². The number of hydrogen-bond donors (Lipinski definition) is 0. The normalized spacial score (nSPS) is 12.0. The Balaban J connectivity index is 3.23. The van der Waals surface area contributed by atoms with Crippen molar-refractivity contribution in [3.05, 3.63) is 0 Å². The summed E-state index contributed by atoms with van der Waals surface area (Å²) in [5, 5.41) is 0. The summed E-state index contributed by atoms with van der Waals surface area (Å²) >= 11 is 0. The molecule has 0 heterocycles. The lowest BCUT2D eigenvalue weighted by molar-refractivity contribution is -0.890. The molecule has 0 atom stereocenters. The number of quaternary nitrogens is 1. The number of rotatable bonds is 29. The van der Waals surface area contributed by atoms with Gasteiger partial charge in [-0.15, -0.1) is 0 Å². The summed E-state index contributed by atoms with van der Waals surface area (Å²) in [6.45, 7) is 7.38. The van der Waals surface area contributed by atoms with Gasteiger partial charge in [-0.3, -0.25) is 0 Å². The van der Waals surface area contributed by atoms with Crippen LogP contribution in [0.1, 0.15) is 187 Å². The van der Waals surface area contributed by atoms with Gasteiger partial charge < -0.3 is 4.48 Å². The van der Waals surface area contributed by atoms with Crippen molar-refractivity contribution in [2.45, 2.75) is 187 Å². The molecule has 0 radical (unpaired) electrons. The largest absolute Gasteiger partial charge is 0.328 e. The highest BCUT2D eigenvalue weighted by molar-refractivity contribution is 4.51. The molecule has 0 aromatic carbocycles. The van der Waals surface area contributed by atoms with Gasteiger partial charge in [0.2, 0.25) is 0 Å². The van der Waals surface area contributed by atoms with Gasteiger partial charge in [0.1, 0.15) is 0 Å². The maximum atomic E-state index is 2.45. The Kier molecular flexibility index (Phi) is 27.5. The maximum absolute atomic E-state index is 2.45. The second-order valence-corrected chi connectivity index (χ2v) is 12.2. The Labute approximate surface area is 218 Å². The third kappa shape index (κ3) is 28.2. The van der Waals surface area contributed by atoms with Crippen molar-refractivity contribution >= 4 is 0 Å². The van der Waals surface area contributed by atoms with Crippen molar-refractivity contribution in [3.63, 3.8) is 0 Å².